The minimum absolute atomic E-state index is 0.158. The smallest absolute Gasteiger partial charge is 0.270 e. The molecule has 2 heterocycles. The molecule has 1 atom stereocenters. The second kappa shape index (κ2) is 4.34. The van der Waals surface area contributed by atoms with Crippen LogP contribution in [-0.2, 0) is 0 Å². The summed E-state index contributed by atoms with van der Waals surface area (Å²) in [7, 11) is 0. The van der Waals surface area contributed by atoms with Crippen LogP contribution in [0.5, 0.6) is 0 Å². The molecule has 2 fully saturated rings. The van der Waals surface area contributed by atoms with E-state index in [0.717, 1.165) is 25.2 Å². The fourth-order valence-electron chi connectivity index (χ4n) is 2.86. The number of anilines is 1. The number of hydrogen-bond donors (Lipinski definition) is 1. The molecule has 2 aliphatic rings. The quantitative estimate of drug-likeness (QED) is 0.871. The van der Waals surface area contributed by atoms with Gasteiger partial charge in [0.15, 0.2) is 0 Å². The van der Waals surface area contributed by atoms with Crippen molar-refractivity contribution in [2.75, 3.05) is 18.8 Å². The summed E-state index contributed by atoms with van der Waals surface area (Å²) in [5.74, 6) is 0.773. The summed E-state index contributed by atoms with van der Waals surface area (Å²) in [4.78, 5) is 14.5. The van der Waals surface area contributed by atoms with E-state index in [1.807, 2.05) is 17.2 Å². The van der Waals surface area contributed by atoms with Crippen LogP contribution < -0.4 is 5.73 Å². The molecule has 1 aromatic heterocycles. The SMILES string of the molecule is CC1CCCN(C(=O)c2cc(N)cn2C2CC2)C1. The van der Waals surface area contributed by atoms with Crippen LogP contribution in [0.3, 0.4) is 0 Å². The van der Waals surface area contributed by atoms with Gasteiger partial charge in [-0.05, 0) is 37.7 Å². The first kappa shape index (κ1) is 11.6. The number of rotatable bonds is 2. The number of likely N-dealkylation sites (tertiary alicyclic amines) is 1. The van der Waals surface area contributed by atoms with Crippen LogP contribution in [0.1, 0.15) is 49.1 Å². The maximum atomic E-state index is 12.6. The van der Waals surface area contributed by atoms with E-state index >= 15 is 0 Å². The van der Waals surface area contributed by atoms with Crippen molar-refractivity contribution >= 4 is 11.6 Å². The first-order valence-corrected chi connectivity index (χ1v) is 6.92. The van der Waals surface area contributed by atoms with Crippen molar-refractivity contribution < 1.29 is 4.79 Å². The molecule has 1 aliphatic carbocycles. The van der Waals surface area contributed by atoms with Gasteiger partial charge in [0.1, 0.15) is 5.69 Å². The highest BCUT2D eigenvalue weighted by molar-refractivity contribution is 5.94. The van der Waals surface area contributed by atoms with Crippen LogP contribution in [0.25, 0.3) is 0 Å². The van der Waals surface area contributed by atoms with Gasteiger partial charge in [0.25, 0.3) is 5.91 Å². The molecule has 1 aromatic rings. The lowest BCUT2D eigenvalue weighted by Gasteiger charge is -2.31. The van der Waals surface area contributed by atoms with Gasteiger partial charge >= 0.3 is 0 Å². The molecule has 0 radical (unpaired) electrons. The number of piperidine rings is 1. The Kier molecular flexibility index (Phi) is 2.80. The third-order valence-electron chi connectivity index (χ3n) is 3.97. The highest BCUT2D eigenvalue weighted by Crippen LogP contribution is 2.37. The Balaban J connectivity index is 1.82. The molecule has 1 saturated carbocycles. The fourth-order valence-corrected chi connectivity index (χ4v) is 2.86. The van der Waals surface area contributed by atoms with Gasteiger partial charge in [0.05, 0.1) is 5.69 Å². The van der Waals surface area contributed by atoms with Gasteiger partial charge < -0.3 is 15.2 Å². The van der Waals surface area contributed by atoms with Crippen LogP contribution in [0, 0.1) is 5.92 Å². The Morgan fingerprint density at radius 1 is 1.39 bits per heavy atom. The zero-order valence-corrected chi connectivity index (χ0v) is 10.9. The van der Waals surface area contributed by atoms with Gasteiger partial charge in [0.2, 0.25) is 0 Å². The molecule has 0 spiro atoms. The van der Waals surface area contributed by atoms with Crippen molar-refractivity contribution in [3.8, 4) is 0 Å². The second-order valence-corrected chi connectivity index (χ2v) is 5.80. The van der Waals surface area contributed by atoms with Crippen LogP contribution >= 0.6 is 0 Å². The molecule has 98 valence electrons. The van der Waals surface area contributed by atoms with E-state index in [1.165, 1.54) is 19.3 Å². The van der Waals surface area contributed by atoms with E-state index in [4.69, 9.17) is 5.73 Å². The Hall–Kier alpha value is -1.45. The molecule has 1 saturated heterocycles. The van der Waals surface area contributed by atoms with Crippen molar-refractivity contribution in [3.05, 3.63) is 18.0 Å². The molecule has 1 unspecified atom stereocenters. The zero-order chi connectivity index (χ0) is 12.7. The summed E-state index contributed by atoms with van der Waals surface area (Å²) < 4.78 is 2.08. The summed E-state index contributed by atoms with van der Waals surface area (Å²) in [5, 5.41) is 0. The molecule has 0 bridgehead atoms. The van der Waals surface area contributed by atoms with Crippen molar-refractivity contribution in [2.24, 2.45) is 5.92 Å². The lowest BCUT2D eigenvalue weighted by molar-refractivity contribution is 0.0672. The van der Waals surface area contributed by atoms with Crippen LogP contribution in [0.2, 0.25) is 0 Å². The number of nitrogens with zero attached hydrogens (tertiary/aromatic N) is 2. The predicted octanol–water partition coefficient (Wildman–Crippen LogP) is 2.28. The number of nitrogen functional groups attached to an aromatic ring is 1. The van der Waals surface area contributed by atoms with Gasteiger partial charge in [-0.25, -0.2) is 0 Å². The van der Waals surface area contributed by atoms with Gasteiger partial charge in [-0.15, -0.1) is 0 Å². The van der Waals surface area contributed by atoms with E-state index in [1.54, 1.807) is 0 Å². The molecular weight excluding hydrogens is 226 g/mol. The largest absolute Gasteiger partial charge is 0.397 e. The number of aromatic nitrogens is 1. The average Bonchev–Trinajstić information content (AvgIpc) is 3.12. The topological polar surface area (TPSA) is 51.3 Å². The van der Waals surface area contributed by atoms with Crippen LogP contribution in [0.4, 0.5) is 5.69 Å². The molecule has 3 rings (SSSR count). The molecular formula is C14H21N3O. The van der Waals surface area contributed by atoms with E-state index in [-0.39, 0.29) is 5.91 Å². The Bertz CT molecular complexity index is 462. The summed E-state index contributed by atoms with van der Waals surface area (Å²) in [6.07, 6.45) is 6.61. The van der Waals surface area contributed by atoms with Gasteiger partial charge in [0, 0.05) is 25.3 Å². The number of amides is 1. The van der Waals surface area contributed by atoms with Gasteiger partial charge in [-0.2, -0.15) is 0 Å². The molecule has 4 nitrogen and oxygen atoms in total. The van der Waals surface area contributed by atoms with Crippen molar-refractivity contribution in [3.63, 3.8) is 0 Å². The first-order chi connectivity index (χ1) is 8.65. The van der Waals surface area contributed by atoms with E-state index < -0.39 is 0 Å². The monoisotopic (exact) mass is 247 g/mol. The standard InChI is InChI=1S/C14H21N3O/c1-10-3-2-6-16(8-10)14(18)13-7-11(15)9-17(13)12-4-5-12/h7,9-10,12H,2-6,8,15H2,1H3. The number of carbonyl (C=O) groups excluding carboxylic acids is 1. The van der Waals surface area contributed by atoms with Gasteiger partial charge in [-0.3, -0.25) is 4.79 Å². The number of carbonyl (C=O) groups is 1. The lowest BCUT2D eigenvalue weighted by atomic mass is 10.00. The molecule has 18 heavy (non-hydrogen) atoms. The normalized spacial score (nSPS) is 24.3. The summed E-state index contributed by atoms with van der Waals surface area (Å²) >= 11 is 0. The summed E-state index contributed by atoms with van der Waals surface area (Å²) in [5.41, 5.74) is 7.33. The second-order valence-electron chi connectivity index (χ2n) is 5.80. The Morgan fingerprint density at radius 3 is 2.83 bits per heavy atom. The maximum absolute atomic E-state index is 12.6. The Labute approximate surface area is 108 Å². The fraction of sp³-hybridized carbons (Fsp3) is 0.643. The summed E-state index contributed by atoms with van der Waals surface area (Å²) in [6, 6.07) is 2.34. The first-order valence-electron chi connectivity index (χ1n) is 6.92. The molecule has 4 heteroatoms. The minimum Gasteiger partial charge on any atom is -0.397 e. The molecule has 1 amide bonds. The highest BCUT2D eigenvalue weighted by atomic mass is 16.2. The van der Waals surface area contributed by atoms with Crippen molar-refractivity contribution in [1.82, 2.24) is 9.47 Å². The van der Waals surface area contributed by atoms with Crippen LogP contribution in [-0.4, -0.2) is 28.5 Å². The third-order valence-corrected chi connectivity index (χ3v) is 3.97. The van der Waals surface area contributed by atoms with Crippen molar-refractivity contribution in [1.29, 1.82) is 0 Å². The zero-order valence-electron chi connectivity index (χ0n) is 10.9. The third kappa shape index (κ3) is 2.11. The number of nitrogens with two attached hydrogens (primary N) is 1. The summed E-state index contributed by atoms with van der Waals surface area (Å²) in [6.45, 7) is 3.99. The van der Waals surface area contributed by atoms with Gasteiger partial charge in [-0.1, -0.05) is 6.92 Å². The molecule has 0 aromatic carbocycles. The average molecular weight is 247 g/mol. The molecule has 1 aliphatic heterocycles. The van der Waals surface area contributed by atoms with Crippen molar-refractivity contribution in [2.45, 2.75) is 38.6 Å². The Morgan fingerprint density at radius 2 is 2.17 bits per heavy atom. The highest BCUT2D eigenvalue weighted by Gasteiger charge is 2.30. The van der Waals surface area contributed by atoms with E-state index in [0.29, 0.717) is 17.6 Å². The van der Waals surface area contributed by atoms with E-state index in [2.05, 4.69) is 11.5 Å². The number of hydrogen-bond acceptors (Lipinski definition) is 2. The predicted molar refractivity (Wildman–Crippen MR) is 71.4 cm³/mol. The van der Waals surface area contributed by atoms with Crippen LogP contribution in [0.15, 0.2) is 12.3 Å². The minimum atomic E-state index is 0.158. The van der Waals surface area contributed by atoms with E-state index in [9.17, 15) is 4.79 Å². The lowest BCUT2D eigenvalue weighted by Crippen LogP contribution is -2.39. The molecule has 2 N–H and O–H groups in total. The maximum Gasteiger partial charge on any atom is 0.270 e.